The first-order valence-corrected chi connectivity index (χ1v) is 10.7. The van der Waals surface area contributed by atoms with Gasteiger partial charge in [0.1, 0.15) is 5.75 Å². The third-order valence-corrected chi connectivity index (χ3v) is 6.34. The fourth-order valence-electron chi connectivity index (χ4n) is 2.84. The van der Waals surface area contributed by atoms with Crippen LogP contribution < -0.4 is 14.4 Å². The van der Waals surface area contributed by atoms with Gasteiger partial charge in [-0.15, -0.1) is 0 Å². The zero-order valence-corrected chi connectivity index (χ0v) is 17.1. The topological polar surface area (TPSA) is 96.0 Å². The number of anilines is 2. The molecule has 29 heavy (non-hydrogen) atoms. The number of hydrogen-bond acceptors (Lipinski definition) is 5. The Bertz CT molecular complexity index is 1000. The van der Waals surface area contributed by atoms with Crippen molar-refractivity contribution in [1.29, 1.82) is 0 Å². The Hall–Kier alpha value is -3.07. The first-order valence-electron chi connectivity index (χ1n) is 9.11. The molecule has 3 rings (SSSR count). The summed E-state index contributed by atoms with van der Waals surface area (Å²) >= 11 is 0. The van der Waals surface area contributed by atoms with Crippen LogP contribution in [0.2, 0.25) is 0 Å². The molecule has 0 unspecified atom stereocenters. The lowest BCUT2D eigenvalue weighted by atomic mass is 10.1. The molecule has 1 aliphatic rings. The van der Waals surface area contributed by atoms with Gasteiger partial charge in [-0.25, -0.2) is 8.42 Å². The van der Waals surface area contributed by atoms with E-state index in [0.29, 0.717) is 35.7 Å². The Balaban J connectivity index is 1.65. The van der Waals surface area contributed by atoms with Crippen LogP contribution in [0.1, 0.15) is 16.8 Å². The number of sulfonamides is 1. The highest BCUT2D eigenvalue weighted by Crippen LogP contribution is 2.25. The maximum absolute atomic E-state index is 12.6. The van der Waals surface area contributed by atoms with Gasteiger partial charge in [0, 0.05) is 31.9 Å². The summed E-state index contributed by atoms with van der Waals surface area (Å²) in [7, 11) is -0.000129. The van der Waals surface area contributed by atoms with E-state index in [4.69, 9.17) is 4.74 Å². The molecular weight excluding hydrogens is 394 g/mol. The van der Waals surface area contributed by atoms with Crippen LogP contribution in [0.15, 0.2) is 48.5 Å². The van der Waals surface area contributed by atoms with Crippen LogP contribution in [0.5, 0.6) is 5.75 Å². The van der Waals surface area contributed by atoms with Gasteiger partial charge in [-0.2, -0.15) is 0 Å². The van der Waals surface area contributed by atoms with Gasteiger partial charge >= 0.3 is 0 Å². The number of carbonyl (C=O) groups excluding carboxylic acids is 2. The number of hydrogen-bond donors (Lipinski definition) is 1. The van der Waals surface area contributed by atoms with Gasteiger partial charge < -0.3 is 15.0 Å². The number of likely N-dealkylation sites (N-methyl/N-ethyl adjacent to an activating group) is 1. The van der Waals surface area contributed by atoms with Crippen molar-refractivity contribution in [2.45, 2.75) is 6.42 Å². The normalized spacial score (nSPS) is 15.0. The number of carbonyl (C=O) groups is 2. The van der Waals surface area contributed by atoms with Gasteiger partial charge in [-0.05, 0) is 48.9 Å². The molecule has 8 nitrogen and oxygen atoms in total. The molecule has 0 aliphatic carbocycles. The summed E-state index contributed by atoms with van der Waals surface area (Å²) in [4.78, 5) is 25.5. The van der Waals surface area contributed by atoms with Crippen LogP contribution in [0.25, 0.3) is 0 Å². The molecule has 1 heterocycles. The van der Waals surface area contributed by atoms with Crippen molar-refractivity contribution < 1.29 is 22.7 Å². The number of amides is 2. The van der Waals surface area contributed by atoms with E-state index in [0.717, 1.165) is 0 Å². The number of benzene rings is 2. The standard InChI is InChI=1S/C20H23N3O5S/c1-22(2)19(24)14-28-18-9-7-16(8-10-18)21-20(25)15-5-3-6-17(13-15)23-11-4-12-29(23,26)27/h3,5-10,13H,4,11-12,14H2,1-2H3,(H,21,25). The average molecular weight is 417 g/mol. The molecule has 0 saturated carbocycles. The molecule has 9 heteroatoms. The molecule has 0 radical (unpaired) electrons. The summed E-state index contributed by atoms with van der Waals surface area (Å²) in [5, 5.41) is 2.77. The van der Waals surface area contributed by atoms with E-state index in [1.165, 1.54) is 9.21 Å². The minimum Gasteiger partial charge on any atom is -0.484 e. The lowest BCUT2D eigenvalue weighted by Crippen LogP contribution is -2.27. The Morgan fingerprint density at radius 3 is 2.48 bits per heavy atom. The maximum Gasteiger partial charge on any atom is 0.259 e. The van der Waals surface area contributed by atoms with Gasteiger partial charge in [0.25, 0.3) is 11.8 Å². The molecule has 2 aromatic rings. The van der Waals surface area contributed by atoms with Crippen molar-refractivity contribution in [3.05, 3.63) is 54.1 Å². The van der Waals surface area contributed by atoms with Gasteiger partial charge in [0.05, 0.1) is 11.4 Å². The molecule has 0 atom stereocenters. The molecular formula is C20H23N3O5S. The van der Waals surface area contributed by atoms with Gasteiger partial charge in [0.2, 0.25) is 10.0 Å². The van der Waals surface area contributed by atoms with Gasteiger partial charge in [-0.3, -0.25) is 13.9 Å². The predicted molar refractivity (Wildman–Crippen MR) is 111 cm³/mol. The minimum absolute atomic E-state index is 0.0646. The van der Waals surface area contributed by atoms with Crippen molar-refractivity contribution in [3.63, 3.8) is 0 Å². The number of nitrogens with one attached hydrogen (secondary N) is 1. The fraction of sp³-hybridized carbons (Fsp3) is 0.300. The van der Waals surface area contributed by atoms with E-state index < -0.39 is 10.0 Å². The van der Waals surface area contributed by atoms with Crippen molar-refractivity contribution in [3.8, 4) is 5.75 Å². The summed E-state index contributed by atoms with van der Waals surface area (Å²) in [6.07, 6.45) is 0.577. The van der Waals surface area contributed by atoms with Crippen molar-refractivity contribution >= 4 is 33.2 Å². The summed E-state index contributed by atoms with van der Waals surface area (Å²) in [5.74, 6) is 0.138. The third-order valence-electron chi connectivity index (χ3n) is 4.47. The van der Waals surface area contributed by atoms with Crippen molar-refractivity contribution in [2.75, 3.05) is 42.6 Å². The second kappa shape index (κ2) is 8.52. The number of nitrogens with zero attached hydrogens (tertiary/aromatic N) is 2. The van der Waals surface area contributed by atoms with Gasteiger partial charge in [-0.1, -0.05) is 6.07 Å². The van der Waals surface area contributed by atoms with Crippen LogP contribution in [0.3, 0.4) is 0 Å². The van der Waals surface area contributed by atoms with Gasteiger partial charge in [0.15, 0.2) is 6.61 Å². The molecule has 2 amide bonds. The second-order valence-corrected chi connectivity index (χ2v) is 8.86. The molecule has 0 aromatic heterocycles. The van der Waals surface area contributed by atoms with E-state index in [2.05, 4.69) is 5.32 Å². The van der Waals surface area contributed by atoms with Crippen LogP contribution in [-0.2, 0) is 14.8 Å². The zero-order chi connectivity index (χ0) is 21.0. The van der Waals surface area contributed by atoms with E-state index in [-0.39, 0.29) is 24.2 Å². The lowest BCUT2D eigenvalue weighted by molar-refractivity contribution is -0.130. The zero-order valence-electron chi connectivity index (χ0n) is 16.3. The van der Waals surface area contributed by atoms with Crippen molar-refractivity contribution in [1.82, 2.24) is 4.90 Å². The molecule has 1 fully saturated rings. The largest absolute Gasteiger partial charge is 0.484 e. The molecule has 2 aromatic carbocycles. The van der Waals surface area contributed by atoms with E-state index in [9.17, 15) is 18.0 Å². The van der Waals surface area contributed by atoms with Crippen LogP contribution >= 0.6 is 0 Å². The maximum atomic E-state index is 12.6. The SMILES string of the molecule is CN(C)C(=O)COc1ccc(NC(=O)c2cccc(N3CCCS3(=O)=O)c2)cc1. The Morgan fingerprint density at radius 2 is 1.86 bits per heavy atom. The number of rotatable bonds is 6. The van der Waals surface area contributed by atoms with Crippen LogP contribution in [-0.4, -0.2) is 58.1 Å². The average Bonchev–Trinajstić information content (AvgIpc) is 3.06. The third kappa shape index (κ3) is 5.05. The fourth-order valence-corrected chi connectivity index (χ4v) is 4.40. The first kappa shape index (κ1) is 20.7. The highest BCUT2D eigenvalue weighted by atomic mass is 32.2. The number of ether oxygens (including phenoxy) is 1. The molecule has 0 bridgehead atoms. The summed E-state index contributed by atoms with van der Waals surface area (Å²) in [5.41, 5.74) is 1.41. The molecule has 0 spiro atoms. The molecule has 1 N–H and O–H groups in total. The minimum atomic E-state index is -3.30. The van der Waals surface area contributed by atoms with Crippen LogP contribution in [0.4, 0.5) is 11.4 Å². The first-order chi connectivity index (χ1) is 13.8. The predicted octanol–water partition coefficient (Wildman–Crippen LogP) is 1.95. The van der Waals surface area contributed by atoms with E-state index in [1.807, 2.05) is 0 Å². The van der Waals surface area contributed by atoms with E-state index in [1.54, 1.807) is 62.6 Å². The summed E-state index contributed by atoms with van der Waals surface area (Å²) in [6, 6.07) is 13.2. The Labute approximate surface area is 170 Å². The molecule has 1 saturated heterocycles. The lowest BCUT2D eigenvalue weighted by Gasteiger charge is -2.17. The summed E-state index contributed by atoms with van der Waals surface area (Å²) in [6.45, 7) is 0.357. The Morgan fingerprint density at radius 1 is 1.14 bits per heavy atom. The second-order valence-electron chi connectivity index (χ2n) is 6.85. The summed E-state index contributed by atoms with van der Waals surface area (Å²) < 4.78 is 30.9. The Kier molecular flexibility index (Phi) is 6.07. The monoisotopic (exact) mass is 417 g/mol. The van der Waals surface area contributed by atoms with Crippen LogP contribution in [0, 0.1) is 0 Å². The smallest absolute Gasteiger partial charge is 0.259 e. The molecule has 154 valence electrons. The van der Waals surface area contributed by atoms with Crippen molar-refractivity contribution in [2.24, 2.45) is 0 Å². The highest BCUT2D eigenvalue weighted by molar-refractivity contribution is 7.93. The van der Waals surface area contributed by atoms with E-state index >= 15 is 0 Å². The quantitative estimate of drug-likeness (QED) is 0.775. The molecule has 1 aliphatic heterocycles. The highest BCUT2D eigenvalue weighted by Gasteiger charge is 2.28.